The maximum atomic E-state index is 14.5. The van der Waals surface area contributed by atoms with Crippen molar-refractivity contribution in [3.05, 3.63) is 72.1 Å². The lowest BCUT2D eigenvalue weighted by Crippen LogP contribution is -2.09. The molecule has 0 atom stereocenters. The SMILES string of the molecule is C=C(C)C(=O)Oc1ccc(-c2cc(C)c(OC(=O)C(=C)C)cc2F)cc1. The molecule has 0 amide bonds. The zero-order chi connectivity index (χ0) is 19.4. The first kappa shape index (κ1) is 19.1. The van der Waals surface area contributed by atoms with Gasteiger partial charge in [0.15, 0.2) is 0 Å². The quantitative estimate of drug-likeness (QED) is 0.441. The van der Waals surface area contributed by atoms with Crippen molar-refractivity contribution in [3.63, 3.8) is 0 Å². The van der Waals surface area contributed by atoms with Crippen molar-refractivity contribution < 1.29 is 23.5 Å². The molecule has 2 aromatic rings. The second-order valence-electron chi connectivity index (χ2n) is 5.96. The van der Waals surface area contributed by atoms with Gasteiger partial charge in [0.05, 0.1) is 0 Å². The van der Waals surface area contributed by atoms with Crippen LogP contribution in [0.25, 0.3) is 11.1 Å². The first-order valence-corrected chi connectivity index (χ1v) is 7.85. The van der Waals surface area contributed by atoms with Crippen LogP contribution in [0.5, 0.6) is 11.5 Å². The lowest BCUT2D eigenvalue weighted by Gasteiger charge is -2.11. The van der Waals surface area contributed by atoms with E-state index in [2.05, 4.69) is 13.2 Å². The maximum Gasteiger partial charge on any atom is 0.338 e. The van der Waals surface area contributed by atoms with Gasteiger partial charge in [-0.15, -0.1) is 0 Å². The molecule has 0 aliphatic rings. The second-order valence-corrected chi connectivity index (χ2v) is 5.96. The average molecular weight is 354 g/mol. The van der Waals surface area contributed by atoms with E-state index >= 15 is 0 Å². The predicted molar refractivity (Wildman–Crippen MR) is 97.5 cm³/mol. The molecule has 0 saturated carbocycles. The third-order valence-corrected chi connectivity index (χ3v) is 3.54. The van der Waals surface area contributed by atoms with E-state index in [1.54, 1.807) is 44.2 Å². The Hall–Kier alpha value is -3.21. The van der Waals surface area contributed by atoms with Crippen LogP contribution in [0.4, 0.5) is 4.39 Å². The predicted octanol–water partition coefficient (Wildman–Crippen LogP) is 4.76. The van der Waals surface area contributed by atoms with E-state index in [1.165, 1.54) is 13.0 Å². The zero-order valence-electron chi connectivity index (χ0n) is 14.9. The molecule has 0 heterocycles. The third-order valence-electron chi connectivity index (χ3n) is 3.54. The second kappa shape index (κ2) is 7.78. The molecule has 4 nitrogen and oxygen atoms in total. The van der Waals surface area contributed by atoms with E-state index in [9.17, 15) is 14.0 Å². The Balaban J connectivity index is 2.27. The molecule has 0 N–H and O–H groups in total. The Morgan fingerprint density at radius 2 is 1.46 bits per heavy atom. The standard InChI is InChI=1S/C21H19FO4/c1-12(2)20(23)25-16-8-6-15(7-9-16)17-10-14(5)19(11-18(17)22)26-21(24)13(3)4/h6-11H,1,3H2,2,4-5H3. The van der Waals surface area contributed by atoms with Crippen molar-refractivity contribution in [2.24, 2.45) is 0 Å². The van der Waals surface area contributed by atoms with Crippen molar-refractivity contribution in [2.75, 3.05) is 0 Å². The molecule has 0 aliphatic carbocycles. The Bertz CT molecular complexity index is 895. The highest BCUT2D eigenvalue weighted by Crippen LogP contribution is 2.31. The van der Waals surface area contributed by atoms with E-state index in [1.807, 2.05) is 0 Å². The number of hydrogen-bond donors (Lipinski definition) is 0. The van der Waals surface area contributed by atoms with Crippen LogP contribution in [0.2, 0.25) is 0 Å². The van der Waals surface area contributed by atoms with Crippen molar-refractivity contribution >= 4 is 11.9 Å². The highest BCUT2D eigenvalue weighted by molar-refractivity contribution is 5.89. The van der Waals surface area contributed by atoms with E-state index in [-0.39, 0.29) is 16.9 Å². The molecule has 0 unspecified atom stereocenters. The first-order valence-electron chi connectivity index (χ1n) is 7.85. The summed E-state index contributed by atoms with van der Waals surface area (Å²) in [5, 5.41) is 0. The van der Waals surface area contributed by atoms with E-state index in [0.717, 1.165) is 0 Å². The molecule has 0 spiro atoms. The van der Waals surface area contributed by atoms with Crippen molar-refractivity contribution in [2.45, 2.75) is 20.8 Å². The number of halogens is 1. The minimum absolute atomic E-state index is 0.145. The smallest absolute Gasteiger partial charge is 0.338 e. The number of hydrogen-bond acceptors (Lipinski definition) is 4. The van der Waals surface area contributed by atoms with Gasteiger partial charge >= 0.3 is 11.9 Å². The van der Waals surface area contributed by atoms with Gasteiger partial charge < -0.3 is 9.47 Å². The molecule has 0 aromatic heterocycles. The summed E-state index contributed by atoms with van der Waals surface area (Å²) in [5.41, 5.74) is 2.06. The van der Waals surface area contributed by atoms with Gasteiger partial charge in [-0.05, 0) is 50.1 Å². The number of esters is 2. The van der Waals surface area contributed by atoms with Gasteiger partial charge in [-0.3, -0.25) is 0 Å². The number of carbonyl (C=O) groups excluding carboxylic acids is 2. The highest BCUT2D eigenvalue weighted by atomic mass is 19.1. The number of carbonyl (C=O) groups is 2. The minimum Gasteiger partial charge on any atom is -0.423 e. The molecule has 0 fully saturated rings. The summed E-state index contributed by atoms with van der Waals surface area (Å²) in [5.74, 6) is -1.18. The van der Waals surface area contributed by atoms with Crippen molar-refractivity contribution in [1.29, 1.82) is 0 Å². The van der Waals surface area contributed by atoms with Gasteiger partial charge in [0.2, 0.25) is 0 Å². The number of aryl methyl sites for hydroxylation is 1. The number of ether oxygens (including phenoxy) is 2. The van der Waals surface area contributed by atoms with Crippen LogP contribution >= 0.6 is 0 Å². The Morgan fingerprint density at radius 3 is 2.00 bits per heavy atom. The fourth-order valence-corrected chi connectivity index (χ4v) is 2.08. The van der Waals surface area contributed by atoms with Gasteiger partial charge in [-0.25, -0.2) is 14.0 Å². The maximum absolute atomic E-state index is 14.5. The fourth-order valence-electron chi connectivity index (χ4n) is 2.08. The Labute approximate surface area is 151 Å². The van der Waals surface area contributed by atoms with Gasteiger partial charge in [0.1, 0.15) is 17.3 Å². The summed E-state index contributed by atoms with van der Waals surface area (Å²) in [6.45, 7) is 11.8. The monoisotopic (exact) mass is 354 g/mol. The lowest BCUT2D eigenvalue weighted by molar-refractivity contribution is -0.131. The summed E-state index contributed by atoms with van der Waals surface area (Å²) < 4.78 is 24.7. The summed E-state index contributed by atoms with van der Waals surface area (Å²) in [6, 6.07) is 9.17. The summed E-state index contributed by atoms with van der Waals surface area (Å²) >= 11 is 0. The van der Waals surface area contributed by atoms with Crippen LogP contribution in [-0.4, -0.2) is 11.9 Å². The Kier molecular flexibility index (Phi) is 5.72. The minimum atomic E-state index is -0.607. The van der Waals surface area contributed by atoms with Crippen LogP contribution < -0.4 is 9.47 Å². The number of benzene rings is 2. The van der Waals surface area contributed by atoms with Crippen LogP contribution in [0.15, 0.2) is 60.7 Å². The van der Waals surface area contributed by atoms with E-state index < -0.39 is 17.8 Å². The average Bonchev–Trinajstić information content (AvgIpc) is 2.58. The van der Waals surface area contributed by atoms with Crippen LogP contribution in [0.3, 0.4) is 0 Å². The molecule has 0 bridgehead atoms. The van der Waals surface area contributed by atoms with E-state index in [4.69, 9.17) is 9.47 Å². The molecule has 0 saturated heterocycles. The summed E-state index contributed by atoms with van der Waals surface area (Å²) in [4.78, 5) is 23.1. The zero-order valence-corrected chi connectivity index (χ0v) is 14.9. The fraction of sp³-hybridized carbons (Fsp3) is 0.143. The van der Waals surface area contributed by atoms with Gasteiger partial charge in [-0.1, -0.05) is 25.3 Å². The van der Waals surface area contributed by atoms with Crippen LogP contribution in [0, 0.1) is 12.7 Å². The molecule has 2 aromatic carbocycles. The molecule has 26 heavy (non-hydrogen) atoms. The van der Waals surface area contributed by atoms with Crippen molar-refractivity contribution in [3.8, 4) is 22.6 Å². The van der Waals surface area contributed by atoms with Gasteiger partial charge in [0.25, 0.3) is 0 Å². The molecule has 0 radical (unpaired) electrons. The molecule has 2 rings (SSSR count). The number of rotatable bonds is 5. The lowest BCUT2D eigenvalue weighted by atomic mass is 10.0. The molecule has 134 valence electrons. The molecular formula is C21H19FO4. The van der Waals surface area contributed by atoms with Gasteiger partial charge in [-0.2, -0.15) is 0 Å². The van der Waals surface area contributed by atoms with Crippen LogP contribution in [-0.2, 0) is 9.59 Å². The first-order chi connectivity index (χ1) is 12.2. The topological polar surface area (TPSA) is 52.6 Å². The Morgan fingerprint density at radius 1 is 0.923 bits per heavy atom. The van der Waals surface area contributed by atoms with E-state index in [0.29, 0.717) is 22.4 Å². The summed E-state index contributed by atoms with van der Waals surface area (Å²) in [7, 11) is 0. The normalized spacial score (nSPS) is 10.2. The largest absolute Gasteiger partial charge is 0.423 e. The van der Waals surface area contributed by atoms with Gasteiger partial charge in [0, 0.05) is 22.8 Å². The molecular weight excluding hydrogens is 335 g/mol. The molecule has 0 aliphatic heterocycles. The summed E-state index contributed by atoms with van der Waals surface area (Å²) in [6.07, 6.45) is 0. The highest BCUT2D eigenvalue weighted by Gasteiger charge is 2.14. The third kappa shape index (κ3) is 4.45. The van der Waals surface area contributed by atoms with Crippen molar-refractivity contribution in [1.82, 2.24) is 0 Å². The van der Waals surface area contributed by atoms with Crippen LogP contribution in [0.1, 0.15) is 19.4 Å². The molecule has 5 heteroatoms.